The van der Waals surface area contributed by atoms with Crippen LogP contribution in [0.25, 0.3) is 0 Å². The molecule has 72 valence electrons. The zero-order valence-electron chi connectivity index (χ0n) is 7.64. The molecule has 2 atom stereocenters. The molecule has 0 saturated heterocycles. The first-order valence-corrected chi connectivity index (χ1v) is 4.28. The van der Waals surface area contributed by atoms with Crippen LogP contribution >= 0.6 is 0 Å². The van der Waals surface area contributed by atoms with E-state index in [0.717, 1.165) is 11.1 Å². The Morgan fingerprint density at radius 2 is 1.85 bits per heavy atom. The maximum Gasteiger partial charge on any atom is 0.0704 e. The number of aliphatic hydroxyl groups is 2. The van der Waals surface area contributed by atoms with Gasteiger partial charge in [-0.25, -0.2) is 0 Å². The van der Waals surface area contributed by atoms with Crippen molar-refractivity contribution >= 4 is 0 Å². The molecule has 0 fully saturated rings. The number of hydrogen-bond donors (Lipinski definition) is 3. The quantitative estimate of drug-likeness (QED) is 0.638. The topological polar surface area (TPSA) is 66.5 Å². The lowest BCUT2D eigenvalue weighted by Gasteiger charge is -2.14. The number of nitrogens with two attached hydrogens (primary N) is 1. The zero-order valence-corrected chi connectivity index (χ0v) is 7.64. The summed E-state index contributed by atoms with van der Waals surface area (Å²) < 4.78 is 0. The average Bonchev–Trinajstić information content (AvgIpc) is 2.17. The summed E-state index contributed by atoms with van der Waals surface area (Å²) in [5.74, 6) is 0. The highest BCUT2D eigenvalue weighted by atomic mass is 16.3. The highest BCUT2D eigenvalue weighted by Gasteiger charge is 2.10. The Morgan fingerprint density at radius 1 is 1.31 bits per heavy atom. The molecule has 0 aliphatic heterocycles. The molecule has 0 amide bonds. The van der Waals surface area contributed by atoms with Gasteiger partial charge in [-0.3, -0.25) is 0 Å². The van der Waals surface area contributed by atoms with E-state index >= 15 is 0 Å². The molecular formula is C10H15NO2. The first kappa shape index (κ1) is 10.2. The third-order valence-electron chi connectivity index (χ3n) is 2.07. The van der Waals surface area contributed by atoms with E-state index in [4.69, 9.17) is 10.8 Å². The van der Waals surface area contributed by atoms with Crippen molar-refractivity contribution in [2.45, 2.75) is 25.7 Å². The first-order chi connectivity index (χ1) is 6.15. The highest BCUT2D eigenvalue weighted by molar-refractivity contribution is 5.24. The smallest absolute Gasteiger partial charge is 0.0704 e. The van der Waals surface area contributed by atoms with Gasteiger partial charge in [-0.2, -0.15) is 0 Å². The van der Waals surface area contributed by atoms with Crippen molar-refractivity contribution in [3.05, 3.63) is 35.4 Å². The van der Waals surface area contributed by atoms with Crippen molar-refractivity contribution in [1.82, 2.24) is 0 Å². The van der Waals surface area contributed by atoms with Crippen LogP contribution in [-0.4, -0.2) is 16.3 Å². The van der Waals surface area contributed by atoms with Crippen LogP contribution in [0.15, 0.2) is 24.3 Å². The molecule has 0 aliphatic carbocycles. The van der Waals surface area contributed by atoms with Gasteiger partial charge in [0, 0.05) is 0 Å². The van der Waals surface area contributed by atoms with Gasteiger partial charge in [0.1, 0.15) is 0 Å². The second kappa shape index (κ2) is 4.37. The van der Waals surface area contributed by atoms with Gasteiger partial charge in [0.15, 0.2) is 0 Å². The summed E-state index contributed by atoms with van der Waals surface area (Å²) in [5.41, 5.74) is 7.45. The van der Waals surface area contributed by atoms with Gasteiger partial charge in [0.05, 0.1) is 18.8 Å². The predicted molar refractivity (Wildman–Crippen MR) is 51.0 cm³/mol. The van der Waals surface area contributed by atoms with E-state index in [2.05, 4.69) is 0 Å². The van der Waals surface area contributed by atoms with Crippen molar-refractivity contribution in [1.29, 1.82) is 0 Å². The van der Waals surface area contributed by atoms with E-state index in [0.29, 0.717) is 0 Å². The van der Waals surface area contributed by atoms with E-state index in [1.807, 2.05) is 12.1 Å². The van der Waals surface area contributed by atoms with Crippen LogP contribution in [0.3, 0.4) is 0 Å². The normalized spacial score (nSPS) is 15.4. The van der Waals surface area contributed by atoms with E-state index in [-0.39, 0.29) is 12.6 Å². The van der Waals surface area contributed by atoms with E-state index in [1.165, 1.54) is 0 Å². The van der Waals surface area contributed by atoms with Crippen molar-refractivity contribution in [2.24, 2.45) is 5.73 Å². The monoisotopic (exact) mass is 181 g/mol. The number of hydrogen-bond acceptors (Lipinski definition) is 3. The lowest BCUT2D eigenvalue weighted by molar-refractivity contribution is 0.164. The Hall–Kier alpha value is -0.900. The molecule has 4 N–H and O–H groups in total. The Kier molecular flexibility index (Phi) is 3.42. The Balaban J connectivity index is 2.79. The third kappa shape index (κ3) is 2.52. The average molecular weight is 181 g/mol. The van der Waals surface area contributed by atoms with Gasteiger partial charge in [0.2, 0.25) is 0 Å². The summed E-state index contributed by atoms with van der Waals surface area (Å²) in [7, 11) is 0. The van der Waals surface area contributed by atoms with Crippen molar-refractivity contribution in [2.75, 3.05) is 0 Å². The fraction of sp³-hybridized carbons (Fsp3) is 0.400. The number of aliphatic hydroxyl groups excluding tert-OH is 2. The van der Waals surface area contributed by atoms with Crippen LogP contribution in [0.2, 0.25) is 0 Å². The van der Waals surface area contributed by atoms with Crippen molar-refractivity contribution in [3.63, 3.8) is 0 Å². The minimum absolute atomic E-state index is 0.0319. The third-order valence-corrected chi connectivity index (χ3v) is 2.07. The van der Waals surface area contributed by atoms with Gasteiger partial charge in [-0.15, -0.1) is 0 Å². The van der Waals surface area contributed by atoms with Gasteiger partial charge < -0.3 is 15.9 Å². The van der Waals surface area contributed by atoms with Crippen molar-refractivity contribution < 1.29 is 10.2 Å². The molecule has 0 saturated carbocycles. The maximum atomic E-state index is 9.23. The van der Waals surface area contributed by atoms with Crippen LogP contribution in [0.1, 0.15) is 24.1 Å². The minimum Gasteiger partial charge on any atom is -0.392 e. The van der Waals surface area contributed by atoms with Gasteiger partial charge in [-0.1, -0.05) is 24.3 Å². The van der Waals surface area contributed by atoms with Crippen molar-refractivity contribution in [3.8, 4) is 0 Å². The SMILES string of the molecule is C[C@H](O)[C@@H](N)c1ccc(CO)cc1. The van der Waals surface area contributed by atoms with Gasteiger partial charge in [0.25, 0.3) is 0 Å². The fourth-order valence-electron chi connectivity index (χ4n) is 1.12. The molecule has 13 heavy (non-hydrogen) atoms. The molecule has 3 nitrogen and oxygen atoms in total. The molecule has 1 rings (SSSR count). The maximum absolute atomic E-state index is 9.23. The van der Waals surface area contributed by atoms with E-state index < -0.39 is 6.10 Å². The second-order valence-corrected chi connectivity index (χ2v) is 3.17. The van der Waals surface area contributed by atoms with Crippen LogP contribution in [0, 0.1) is 0 Å². The summed E-state index contributed by atoms with van der Waals surface area (Å²) in [5, 5.41) is 18.0. The standard InChI is InChI=1S/C10H15NO2/c1-7(13)10(11)9-4-2-8(6-12)3-5-9/h2-5,7,10,12-13H,6,11H2,1H3/t7-,10+/m0/s1. The molecule has 0 radical (unpaired) electrons. The number of benzene rings is 1. The molecule has 0 heterocycles. The molecule has 0 unspecified atom stereocenters. The highest BCUT2D eigenvalue weighted by Crippen LogP contribution is 2.14. The van der Waals surface area contributed by atoms with Crippen LogP contribution < -0.4 is 5.73 Å². The van der Waals surface area contributed by atoms with Gasteiger partial charge in [-0.05, 0) is 18.1 Å². The minimum atomic E-state index is -0.556. The zero-order chi connectivity index (χ0) is 9.84. The Labute approximate surface area is 77.8 Å². The largest absolute Gasteiger partial charge is 0.392 e. The summed E-state index contributed by atoms with van der Waals surface area (Å²) in [6, 6.07) is 6.90. The molecule has 0 aliphatic rings. The number of rotatable bonds is 3. The fourth-order valence-corrected chi connectivity index (χ4v) is 1.12. The summed E-state index contributed by atoms with van der Waals surface area (Å²) in [4.78, 5) is 0. The Morgan fingerprint density at radius 3 is 2.23 bits per heavy atom. The molecular weight excluding hydrogens is 166 g/mol. The van der Waals surface area contributed by atoms with Gasteiger partial charge >= 0.3 is 0 Å². The van der Waals surface area contributed by atoms with E-state index in [1.54, 1.807) is 19.1 Å². The summed E-state index contributed by atoms with van der Waals surface area (Å²) >= 11 is 0. The summed E-state index contributed by atoms with van der Waals surface area (Å²) in [6.45, 7) is 1.69. The molecule has 3 heteroatoms. The molecule has 0 aromatic heterocycles. The second-order valence-electron chi connectivity index (χ2n) is 3.17. The Bertz CT molecular complexity index is 256. The lowest BCUT2D eigenvalue weighted by atomic mass is 10.0. The van der Waals surface area contributed by atoms with Crippen LogP contribution in [0.5, 0.6) is 0 Å². The molecule has 1 aromatic rings. The first-order valence-electron chi connectivity index (χ1n) is 4.28. The lowest BCUT2D eigenvalue weighted by Crippen LogP contribution is -2.22. The molecule has 1 aromatic carbocycles. The molecule has 0 spiro atoms. The van der Waals surface area contributed by atoms with Crippen LogP contribution in [-0.2, 0) is 6.61 Å². The van der Waals surface area contributed by atoms with Crippen LogP contribution in [0.4, 0.5) is 0 Å². The molecule has 0 bridgehead atoms. The summed E-state index contributed by atoms with van der Waals surface area (Å²) in [6.07, 6.45) is -0.556. The van der Waals surface area contributed by atoms with E-state index in [9.17, 15) is 5.11 Å². The predicted octanol–water partition coefficient (Wildman–Crippen LogP) is 0.560.